The smallest absolute Gasteiger partial charge is 0.398 e. The van der Waals surface area contributed by atoms with Crippen molar-refractivity contribution in [1.29, 1.82) is 0 Å². The monoisotopic (exact) mass is 1460 g/mol. The summed E-state index contributed by atoms with van der Waals surface area (Å²) in [7, 11) is -0.474. The Morgan fingerprint density at radius 2 is 0.890 bits per heavy atom. The van der Waals surface area contributed by atoms with Crippen molar-refractivity contribution in [2.24, 2.45) is 0 Å². The first kappa shape index (κ1) is 70.8. The average Bonchev–Trinajstić information content (AvgIpc) is 1.70. The molecule has 8 aromatic rings. The predicted octanol–water partition coefficient (Wildman–Crippen LogP) is 14.9. The number of benzene rings is 5. The minimum atomic E-state index is -3.80. The molecule has 37 heteroatoms. The van der Waals surface area contributed by atoms with Crippen molar-refractivity contribution in [2.75, 3.05) is 22.1 Å². The normalized spacial score (nSPS) is 15.5. The Labute approximate surface area is 545 Å². The number of carbonyl (C=O) groups is 2. The summed E-state index contributed by atoms with van der Waals surface area (Å²) in [5, 5.41) is 1.82. The number of nitrogens with one attached hydrogen (secondary N) is 1. The van der Waals surface area contributed by atoms with Crippen LogP contribution in [0, 0.1) is 23.3 Å². The summed E-state index contributed by atoms with van der Waals surface area (Å²) < 4.78 is 167. The maximum atomic E-state index is 13.7. The molecule has 4 aliphatic rings. The van der Waals surface area contributed by atoms with E-state index in [9.17, 15) is 53.5 Å². The number of nitrogens with two attached hydrogens (primary N) is 2. The number of halogens is 17. The number of amides is 1. The Hall–Kier alpha value is -7.62. The van der Waals surface area contributed by atoms with E-state index in [2.05, 4.69) is 79.6 Å². The topological polar surface area (TPSA) is 249 Å². The van der Waals surface area contributed by atoms with Crippen molar-refractivity contribution < 1.29 is 91.2 Å². The molecule has 4 aliphatic heterocycles. The number of nitrogen functional groups attached to an aromatic ring is 2. The second-order valence-corrected chi connectivity index (χ2v) is 22.1. The van der Waals surface area contributed by atoms with Gasteiger partial charge in [-0.15, -0.1) is 49.5 Å². The summed E-state index contributed by atoms with van der Waals surface area (Å²) in [6.45, 7) is 7.99. The van der Waals surface area contributed by atoms with Gasteiger partial charge < -0.3 is 54.5 Å². The highest BCUT2D eigenvalue weighted by molar-refractivity contribution is 9.10. The van der Waals surface area contributed by atoms with Gasteiger partial charge >= 0.3 is 26.0 Å². The number of ether oxygens (including phenoxy) is 6. The molecule has 1 saturated heterocycles. The van der Waals surface area contributed by atoms with Gasteiger partial charge in [0, 0.05) is 46.1 Å². The molecule has 19 nitrogen and oxygen atoms in total. The van der Waals surface area contributed by atoms with Crippen molar-refractivity contribution >= 4 is 127 Å². The summed E-state index contributed by atoms with van der Waals surface area (Å²) in [4.78, 5) is 46.4. The van der Waals surface area contributed by atoms with Crippen LogP contribution in [0.15, 0.2) is 114 Å². The first-order valence-electron chi connectivity index (χ1n) is 24.8. The Balaban J connectivity index is 0.000000167. The highest BCUT2D eigenvalue weighted by Crippen LogP contribution is 2.48. The molecule has 0 saturated carbocycles. The van der Waals surface area contributed by atoms with Gasteiger partial charge in [-0.2, -0.15) is 0 Å². The Morgan fingerprint density at radius 1 is 0.527 bits per heavy atom. The molecule has 1 amide bonds. The highest BCUT2D eigenvalue weighted by atomic mass is 79.9. The van der Waals surface area contributed by atoms with Gasteiger partial charge in [-0.3, -0.25) is 24.5 Å². The number of alkyl halides is 8. The molecule has 0 unspecified atom stereocenters. The van der Waals surface area contributed by atoms with Crippen molar-refractivity contribution in [3.05, 3.63) is 164 Å². The molecule has 1 fully saturated rings. The average molecular weight is 1470 g/mol. The van der Waals surface area contributed by atoms with Crippen LogP contribution in [0.4, 0.5) is 61.4 Å². The molecule has 7 heterocycles. The fourth-order valence-electron chi connectivity index (χ4n) is 7.30. The molecule has 0 spiro atoms. The van der Waals surface area contributed by atoms with Gasteiger partial charge in [-0.05, 0) is 91.6 Å². The van der Waals surface area contributed by atoms with E-state index in [1.54, 1.807) is 6.20 Å². The molecule has 3 aromatic heterocycles. The number of hydrogen-bond donors (Lipinski definition) is 3. The van der Waals surface area contributed by atoms with E-state index in [4.69, 9.17) is 90.4 Å². The van der Waals surface area contributed by atoms with Crippen molar-refractivity contribution in [1.82, 2.24) is 29.9 Å². The Bertz CT molecular complexity index is 3900. The fraction of sp³-hybridized carbons (Fsp3) is 0.185. The standard InChI is InChI=1S/C18H8ClF4N3O3.C11H6ClF2N3O2.C10H16BN3O2.C7H2BrClF2O2.C7H3ClF2O.CH2Cl2/c19-9-5-14-13(28-18(22,23)29-14)4-8(9)12-6-25-15(7-24-12)26-17(27)16-10(20)2-1-3-11(16)21;12-6-2-9-8(18-11(13,14)19-9)1-5(6)7-3-17-10(15)4-16-7;1-9(2)10(3,4)16-11(15-9)7-5-14-8(12)6-13-7;8-3-1-5-6(2-4(3)9)13-7(10,11)12-5;8-7(11)6-4(9)2-1-3-5(6)10;2-1-3/h1-7H,(H,25,26,27);1-4H,(H2,15,17);5-6H,1-4H3,(H2,12,14);1-2H;1-3H;1H2. The first-order chi connectivity index (χ1) is 42.5. The third kappa shape index (κ3) is 18.1. The van der Waals surface area contributed by atoms with Crippen LogP contribution in [-0.4, -0.2) is 83.6 Å². The summed E-state index contributed by atoms with van der Waals surface area (Å²) in [6.07, 6.45) is -2.97. The lowest BCUT2D eigenvalue weighted by atomic mass is 9.85. The lowest BCUT2D eigenvalue weighted by Crippen LogP contribution is -2.41. The fourth-order valence-corrected chi connectivity index (χ4v) is 8.46. The zero-order valence-corrected chi connectivity index (χ0v) is 52.1. The van der Waals surface area contributed by atoms with Crippen LogP contribution >= 0.6 is 85.5 Å². The van der Waals surface area contributed by atoms with Gasteiger partial charge in [0.2, 0.25) is 0 Å². The van der Waals surface area contributed by atoms with Crippen LogP contribution in [0.25, 0.3) is 22.5 Å². The number of anilines is 3. The largest absolute Gasteiger partial charge is 0.586 e. The number of rotatable bonds is 6. The van der Waals surface area contributed by atoms with Gasteiger partial charge in [-0.25, -0.2) is 32.5 Å². The van der Waals surface area contributed by atoms with E-state index in [1.165, 1.54) is 55.1 Å². The summed E-state index contributed by atoms with van der Waals surface area (Å²) in [6, 6.07) is 13.6. The quantitative estimate of drug-likeness (QED) is 0.0606. The third-order valence-electron chi connectivity index (χ3n) is 12.1. The molecule has 0 aliphatic carbocycles. The molecule has 5 aromatic carbocycles. The van der Waals surface area contributed by atoms with E-state index < -0.39 is 71.5 Å². The van der Waals surface area contributed by atoms with E-state index >= 15 is 0 Å². The zero-order valence-electron chi connectivity index (χ0n) is 46.0. The predicted molar refractivity (Wildman–Crippen MR) is 317 cm³/mol. The maximum absolute atomic E-state index is 13.7. The third-order valence-corrected chi connectivity index (χ3v) is 14.1. The van der Waals surface area contributed by atoms with E-state index in [-0.39, 0.29) is 84.0 Å². The molecule has 0 bridgehead atoms. The lowest BCUT2D eigenvalue weighted by molar-refractivity contribution is -0.287. The molecule has 480 valence electrons. The van der Waals surface area contributed by atoms with Crippen molar-refractivity contribution in [2.45, 2.75) is 57.8 Å². The van der Waals surface area contributed by atoms with Crippen LogP contribution in [-0.2, 0) is 9.31 Å². The van der Waals surface area contributed by atoms with Crippen LogP contribution in [0.1, 0.15) is 48.4 Å². The summed E-state index contributed by atoms with van der Waals surface area (Å²) in [5.74, 6) is -5.23. The number of carbonyl (C=O) groups excluding carboxylic acids is 2. The second-order valence-electron chi connectivity index (χ2n) is 18.9. The van der Waals surface area contributed by atoms with Crippen LogP contribution in [0.2, 0.25) is 15.1 Å². The van der Waals surface area contributed by atoms with Gasteiger partial charge in [0.25, 0.3) is 11.1 Å². The van der Waals surface area contributed by atoms with Crippen molar-refractivity contribution in [3.8, 4) is 57.0 Å². The second kappa shape index (κ2) is 28.9. The van der Waals surface area contributed by atoms with Gasteiger partial charge in [-0.1, -0.05) is 46.9 Å². The van der Waals surface area contributed by atoms with Gasteiger partial charge in [0.05, 0.1) is 79.6 Å². The number of fused-ring (bicyclic) bond motifs is 3. The minimum absolute atomic E-state index is 0.0266. The van der Waals surface area contributed by atoms with E-state index in [0.717, 1.165) is 48.7 Å². The van der Waals surface area contributed by atoms with Crippen LogP contribution < -0.4 is 50.8 Å². The number of aromatic nitrogens is 6. The molecule has 91 heavy (non-hydrogen) atoms. The highest BCUT2D eigenvalue weighted by Gasteiger charge is 2.53. The van der Waals surface area contributed by atoms with Crippen LogP contribution in [0.5, 0.6) is 34.5 Å². The zero-order chi connectivity index (χ0) is 67.1. The lowest BCUT2D eigenvalue weighted by Gasteiger charge is -2.32. The number of hydrogen-bond acceptors (Lipinski definition) is 18. The molecule has 12 rings (SSSR count). The minimum Gasteiger partial charge on any atom is -0.398 e. The molecular formula is C54H37BBrCl6F10N9O10. The first-order valence-corrected chi connectivity index (χ1v) is 28.2. The van der Waals surface area contributed by atoms with E-state index in [1.807, 2.05) is 27.7 Å². The Kier molecular flexibility index (Phi) is 22.5. The molecule has 5 N–H and O–H groups in total. The van der Waals surface area contributed by atoms with E-state index in [0.29, 0.717) is 32.2 Å². The van der Waals surface area contributed by atoms with Crippen LogP contribution in [0.3, 0.4) is 0 Å². The summed E-state index contributed by atoms with van der Waals surface area (Å²) >= 11 is 35.2. The molecule has 0 radical (unpaired) electrons. The Morgan fingerprint density at radius 3 is 1.25 bits per heavy atom. The molecular weight excluding hydrogens is 1430 g/mol. The SMILES string of the molecule is CC1(C)OB(c2cnc(N)cn2)OC1(C)C.ClCCl.FC1(F)Oc2cc(Cl)c(Br)cc2O1.Nc1cnc(-c2cc3c(cc2Cl)OC(F)(F)O3)cn1.O=C(Cl)c1c(F)cccc1F.O=C(Nc1cnc(-c2cc3c(cc2Cl)OC(F)(F)O3)cn1)c1c(F)cccc1F. The number of nitrogens with zero attached hydrogens (tertiary/aromatic N) is 6. The van der Waals surface area contributed by atoms with Crippen molar-refractivity contribution in [3.63, 3.8) is 0 Å². The molecule has 0 atom stereocenters. The summed E-state index contributed by atoms with van der Waals surface area (Å²) in [5.41, 5.74) is 10.5. The van der Waals surface area contributed by atoms with Gasteiger partial charge in [0.15, 0.2) is 40.3 Å². The van der Waals surface area contributed by atoms with Gasteiger partial charge in [0.1, 0.15) is 46.0 Å². The maximum Gasteiger partial charge on any atom is 0.586 e.